The summed E-state index contributed by atoms with van der Waals surface area (Å²) < 4.78 is 24.8. The van der Waals surface area contributed by atoms with Gasteiger partial charge in [0.15, 0.2) is 9.84 Å². The topological polar surface area (TPSA) is 107 Å². The second kappa shape index (κ2) is 9.09. The number of anilines is 1. The lowest BCUT2D eigenvalue weighted by molar-refractivity contribution is -0.113. The van der Waals surface area contributed by atoms with Crippen LogP contribution in [-0.4, -0.2) is 44.0 Å². The number of nitrogens with one attached hydrogen (secondary N) is 1. The average molecular weight is 426 g/mol. The lowest BCUT2D eigenvalue weighted by atomic mass is 10.1. The molecule has 1 fully saturated rings. The highest BCUT2D eigenvalue weighted by Crippen LogP contribution is 2.22. The zero-order valence-electron chi connectivity index (χ0n) is 16.7. The molecule has 0 bridgehead atoms. The van der Waals surface area contributed by atoms with Crippen LogP contribution < -0.4 is 5.32 Å². The summed E-state index contributed by atoms with van der Waals surface area (Å²) in [5, 5.41) is 11.4. The number of nitrogens with zero attached hydrogens (tertiary/aromatic N) is 2. The second-order valence-electron chi connectivity index (χ2n) is 7.37. The Hall–Kier alpha value is -3.18. The summed E-state index contributed by atoms with van der Waals surface area (Å²) in [5.74, 6) is -1.69. The van der Waals surface area contributed by atoms with Crippen LogP contribution in [0.25, 0.3) is 0 Å². The summed E-state index contributed by atoms with van der Waals surface area (Å²) in [6.07, 6.45) is 1.97. The molecule has 0 aliphatic carbocycles. The smallest absolute Gasteiger partial charge is 0.254 e. The first kappa shape index (κ1) is 21.5. The minimum absolute atomic E-state index is 0.0745. The van der Waals surface area contributed by atoms with Gasteiger partial charge in [-0.1, -0.05) is 18.2 Å². The van der Waals surface area contributed by atoms with Crippen LogP contribution in [-0.2, 0) is 20.4 Å². The highest BCUT2D eigenvalue weighted by molar-refractivity contribution is 7.91. The third kappa shape index (κ3) is 5.24. The summed E-state index contributed by atoms with van der Waals surface area (Å²) in [6, 6.07) is 13.2. The molecular formula is C22H23N3O4S. The first-order chi connectivity index (χ1) is 14.3. The first-order valence-corrected chi connectivity index (χ1v) is 11.5. The molecule has 0 spiro atoms. The van der Waals surface area contributed by atoms with Crippen LogP contribution in [0.3, 0.4) is 0 Å². The number of carbonyl (C=O) groups is 2. The van der Waals surface area contributed by atoms with E-state index >= 15 is 0 Å². The van der Waals surface area contributed by atoms with Gasteiger partial charge >= 0.3 is 0 Å². The quantitative estimate of drug-likeness (QED) is 0.766. The van der Waals surface area contributed by atoms with E-state index in [4.69, 9.17) is 5.26 Å². The number of nitriles is 1. The van der Waals surface area contributed by atoms with Crippen molar-refractivity contribution < 1.29 is 18.0 Å². The molecule has 0 aromatic heterocycles. The molecule has 1 aliphatic rings. The van der Waals surface area contributed by atoms with E-state index in [1.54, 1.807) is 42.2 Å². The fourth-order valence-electron chi connectivity index (χ4n) is 3.46. The SMILES string of the molecule is Cc1c(NC(=O)CS(=O)(=O)Cc2ccc(C#N)cc2)cccc1C(=O)N1CCCC1. The third-order valence-electron chi connectivity index (χ3n) is 5.05. The standard InChI is InChI=1S/C22H23N3O4S/c1-16-19(22(27)25-11-2-3-12-25)5-4-6-20(16)24-21(26)15-30(28,29)14-18-9-7-17(13-23)8-10-18/h4-10H,2-3,11-12,14-15H2,1H3,(H,24,26). The van der Waals surface area contributed by atoms with Crippen molar-refractivity contribution in [3.05, 3.63) is 64.7 Å². The number of likely N-dealkylation sites (tertiary alicyclic amines) is 1. The Kier molecular flexibility index (Phi) is 6.53. The van der Waals surface area contributed by atoms with E-state index in [0.29, 0.717) is 27.9 Å². The Bertz CT molecular complexity index is 1100. The van der Waals surface area contributed by atoms with E-state index < -0.39 is 21.5 Å². The Labute approximate surface area is 176 Å². The molecule has 1 N–H and O–H groups in total. The van der Waals surface area contributed by atoms with E-state index in [1.807, 2.05) is 6.07 Å². The molecule has 0 atom stereocenters. The van der Waals surface area contributed by atoms with Gasteiger partial charge < -0.3 is 10.2 Å². The predicted molar refractivity (Wildman–Crippen MR) is 114 cm³/mol. The molecule has 1 heterocycles. The molecule has 2 aromatic carbocycles. The van der Waals surface area contributed by atoms with Gasteiger partial charge in [-0.2, -0.15) is 5.26 Å². The zero-order chi connectivity index (χ0) is 21.7. The number of carbonyl (C=O) groups excluding carboxylic acids is 2. The van der Waals surface area contributed by atoms with Gasteiger partial charge in [0.2, 0.25) is 5.91 Å². The summed E-state index contributed by atoms with van der Waals surface area (Å²) in [6.45, 7) is 3.19. The maximum atomic E-state index is 12.7. The molecule has 0 saturated carbocycles. The van der Waals surface area contributed by atoms with Crippen molar-refractivity contribution in [1.29, 1.82) is 5.26 Å². The number of sulfone groups is 1. The molecule has 2 amide bonds. The highest BCUT2D eigenvalue weighted by Gasteiger charge is 2.23. The van der Waals surface area contributed by atoms with Gasteiger partial charge in [-0.15, -0.1) is 0 Å². The number of rotatable bonds is 6. The Morgan fingerprint density at radius 1 is 1.10 bits per heavy atom. The van der Waals surface area contributed by atoms with E-state index in [2.05, 4.69) is 5.32 Å². The van der Waals surface area contributed by atoms with Gasteiger partial charge in [-0.25, -0.2) is 8.42 Å². The summed E-state index contributed by atoms with van der Waals surface area (Å²) in [7, 11) is -3.70. The minimum atomic E-state index is -3.70. The lowest BCUT2D eigenvalue weighted by Gasteiger charge is -2.18. The second-order valence-corrected chi connectivity index (χ2v) is 9.43. The van der Waals surface area contributed by atoms with Crippen LogP contribution in [0.15, 0.2) is 42.5 Å². The van der Waals surface area contributed by atoms with Crippen molar-refractivity contribution in [3.8, 4) is 6.07 Å². The molecule has 1 aliphatic heterocycles. The Morgan fingerprint density at radius 3 is 2.40 bits per heavy atom. The van der Waals surface area contributed by atoms with E-state index in [0.717, 1.165) is 25.9 Å². The van der Waals surface area contributed by atoms with Crippen LogP contribution >= 0.6 is 0 Å². The molecule has 1 saturated heterocycles. The molecule has 3 rings (SSSR count). The van der Waals surface area contributed by atoms with Crippen LogP contribution in [0.1, 0.15) is 39.9 Å². The molecule has 7 nitrogen and oxygen atoms in total. The minimum Gasteiger partial charge on any atom is -0.339 e. The lowest BCUT2D eigenvalue weighted by Crippen LogP contribution is -2.29. The molecule has 30 heavy (non-hydrogen) atoms. The van der Waals surface area contributed by atoms with Crippen molar-refractivity contribution in [1.82, 2.24) is 4.90 Å². The van der Waals surface area contributed by atoms with Crippen molar-refractivity contribution in [3.63, 3.8) is 0 Å². The molecular weight excluding hydrogens is 402 g/mol. The van der Waals surface area contributed by atoms with Crippen LogP contribution in [0, 0.1) is 18.3 Å². The summed E-state index contributed by atoms with van der Waals surface area (Å²) in [5.41, 5.74) is 2.50. The Balaban J connectivity index is 1.67. The fourth-order valence-corrected chi connectivity index (χ4v) is 4.73. The monoisotopic (exact) mass is 425 g/mol. The van der Waals surface area contributed by atoms with Gasteiger partial charge in [0.1, 0.15) is 5.75 Å². The number of amides is 2. The van der Waals surface area contributed by atoms with Crippen molar-refractivity contribution >= 4 is 27.3 Å². The fraction of sp³-hybridized carbons (Fsp3) is 0.318. The molecule has 8 heteroatoms. The molecule has 2 aromatic rings. The van der Waals surface area contributed by atoms with Crippen molar-refractivity contribution in [2.45, 2.75) is 25.5 Å². The van der Waals surface area contributed by atoms with Crippen LogP contribution in [0.5, 0.6) is 0 Å². The maximum Gasteiger partial charge on any atom is 0.254 e. The molecule has 156 valence electrons. The average Bonchev–Trinajstić information content (AvgIpc) is 3.24. The van der Waals surface area contributed by atoms with Gasteiger partial charge in [-0.05, 0) is 55.2 Å². The van der Waals surface area contributed by atoms with Gasteiger partial charge in [0, 0.05) is 24.3 Å². The molecule has 0 radical (unpaired) electrons. The third-order valence-corrected chi connectivity index (χ3v) is 6.53. The normalized spacial score (nSPS) is 13.7. The van der Waals surface area contributed by atoms with E-state index in [1.165, 1.54) is 12.1 Å². The van der Waals surface area contributed by atoms with Crippen molar-refractivity contribution in [2.75, 3.05) is 24.2 Å². The van der Waals surface area contributed by atoms with Gasteiger partial charge in [-0.3, -0.25) is 9.59 Å². The zero-order valence-corrected chi connectivity index (χ0v) is 17.5. The summed E-state index contributed by atoms with van der Waals surface area (Å²) in [4.78, 5) is 26.8. The number of hydrogen-bond acceptors (Lipinski definition) is 5. The van der Waals surface area contributed by atoms with Crippen molar-refractivity contribution in [2.24, 2.45) is 0 Å². The largest absolute Gasteiger partial charge is 0.339 e. The van der Waals surface area contributed by atoms with Crippen LogP contribution in [0.4, 0.5) is 5.69 Å². The number of hydrogen-bond donors (Lipinski definition) is 1. The van der Waals surface area contributed by atoms with Gasteiger partial charge in [0.25, 0.3) is 5.91 Å². The Morgan fingerprint density at radius 2 is 1.77 bits per heavy atom. The predicted octanol–water partition coefficient (Wildman–Crippen LogP) is 2.66. The van der Waals surface area contributed by atoms with Gasteiger partial charge in [0.05, 0.1) is 17.4 Å². The number of benzene rings is 2. The van der Waals surface area contributed by atoms with E-state index in [9.17, 15) is 18.0 Å². The maximum absolute atomic E-state index is 12.7. The highest BCUT2D eigenvalue weighted by atomic mass is 32.2. The van der Waals surface area contributed by atoms with E-state index in [-0.39, 0.29) is 11.7 Å². The first-order valence-electron chi connectivity index (χ1n) is 9.67. The molecule has 0 unspecified atom stereocenters. The van der Waals surface area contributed by atoms with Crippen LogP contribution in [0.2, 0.25) is 0 Å². The summed E-state index contributed by atoms with van der Waals surface area (Å²) >= 11 is 0.